The number of hydrogen-bond donors (Lipinski definition) is 3. The summed E-state index contributed by atoms with van der Waals surface area (Å²) in [5.41, 5.74) is 3.93. The summed E-state index contributed by atoms with van der Waals surface area (Å²) in [5, 5.41) is 14.3. The fourth-order valence-electron chi connectivity index (χ4n) is 4.10. The van der Waals surface area contributed by atoms with Crippen molar-refractivity contribution in [2.75, 3.05) is 10.6 Å². The number of hydrogen-bond acceptors (Lipinski definition) is 4. The number of carbonyl (C=O) groups excluding carboxylic acids is 1. The molecular formula is C27H23F3N6O. The summed E-state index contributed by atoms with van der Waals surface area (Å²) in [6.07, 6.45) is -1.66. The molecule has 0 radical (unpaired) electrons. The lowest BCUT2D eigenvalue weighted by molar-refractivity contribution is -0.137. The van der Waals surface area contributed by atoms with Gasteiger partial charge in [-0.2, -0.15) is 18.3 Å². The molecule has 0 aliphatic rings. The van der Waals surface area contributed by atoms with E-state index in [-0.39, 0.29) is 11.3 Å². The van der Waals surface area contributed by atoms with Gasteiger partial charge in [0.2, 0.25) is 0 Å². The number of imidazole rings is 1. The molecule has 0 saturated carbocycles. The zero-order chi connectivity index (χ0) is 26.2. The number of aryl methyl sites for hydroxylation is 2. The van der Waals surface area contributed by atoms with E-state index in [1.165, 1.54) is 23.2 Å². The maximum Gasteiger partial charge on any atom is 0.416 e. The van der Waals surface area contributed by atoms with Gasteiger partial charge < -0.3 is 15.2 Å². The van der Waals surface area contributed by atoms with E-state index in [1.54, 1.807) is 25.1 Å². The van der Waals surface area contributed by atoms with Crippen molar-refractivity contribution in [2.45, 2.75) is 26.6 Å². The number of nitrogens with one attached hydrogen (secondary N) is 3. The molecule has 37 heavy (non-hydrogen) atoms. The topological polar surface area (TPSA) is 87.6 Å². The van der Waals surface area contributed by atoms with Crippen LogP contribution in [0.25, 0.3) is 16.6 Å². The van der Waals surface area contributed by atoms with Gasteiger partial charge in [-0.3, -0.25) is 9.89 Å². The van der Waals surface area contributed by atoms with Gasteiger partial charge in [-0.1, -0.05) is 12.1 Å². The zero-order valence-electron chi connectivity index (χ0n) is 20.0. The largest absolute Gasteiger partial charge is 0.416 e. The Morgan fingerprint density at radius 3 is 2.62 bits per heavy atom. The molecule has 3 aromatic carbocycles. The van der Waals surface area contributed by atoms with E-state index in [2.05, 4.69) is 25.8 Å². The first-order valence-corrected chi connectivity index (χ1v) is 11.5. The molecule has 0 unspecified atom stereocenters. The fraction of sp³-hybridized carbons (Fsp3) is 0.148. The first-order chi connectivity index (χ1) is 17.7. The summed E-state index contributed by atoms with van der Waals surface area (Å²) in [6, 6.07) is 16.3. The normalized spacial score (nSPS) is 11.6. The number of halogens is 3. The van der Waals surface area contributed by atoms with E-state index in [0.29, 0.717) is 17.9 Å². The number of fused-ring (bicyclic) bond motifs is 1. The Hall–Kier alpha value is -4.60. The van der Waals surface area contributed by atoms with Crippen LogP contribution in [0.5, 0.6) is 0 Å². The molecule has 7 nitrogen and oxygen atoms in total. The van der Waals surface area contributed by atoms with Crippen molar-refractivity contribution >= 4 is 28.2 Å². The summed E-state index contributed by atoms with van der Waals surface area (Å²) in [5.74, 6) is -0.644. The minimum Gasteiger partial charge on any atom is -0.381 e. The number of nitrogens with zero attached hydrogens (tertiary/aromatic N) is 3. The Bertz CT molecular complexity index is 1600. The van der Waals surface area contributed by atoms with E-state index in [9.17, 15) is 18.0 Å². The van der Waals surface area contributed by atoms with Gasteiger partial charge >= 0.3 is 6.18 Å². The highest BCUT2D eigenvalue weighted by Gasteiger charge is 2.32. The van der Waals surface area contributed by atoms with Crippen molar-refractivity contribution in [1.29, 1.82) is 0 Å². The Labute approximate surface area is 210 Å². The number of H-pyrrole nitrogens is 1. The molecule has 2 heterocycles. The number of carbonyl (C=O) groups is 1. The second kappa shape index (κ2) is 9.45. The molecule has 5 rings (SSSR count). The summed E-state index contributed by atoms with van der Waals surface area (Å²) in [6.45, 7) is 4.16. The van der Waals surface area contributed by atoms with E-state index in [4.69, 9.17) is 0 Å². The Kier molecular flexibility index (Phi) is 6.16. The Morgan fingerprint density at radius 2 is 1.86 bits per heavy atom. The number of rotatable bonds is 6. The van der Waals surface area contributed by atoms with Crippen LogP contribution in [-0.4, -0.2) is 25.7 Å². The lowest BCUT2D eigenvalue weighted by atomic mass is 10.1. The Balaban J connectivity index is 1.34. The minimum atomic E-state index is -4.61. The second-order valence-electron chi connectivity index (χ2n) is 8.76. The lowest BCUT2D eigenvalue weighted by Crippen LogP contribution is -2.15. The first kappa shape index (κ1) is 24.1. The maximum absolute atomic E-state index is 13.6. The predicted molar refractivity (Wildman–Crippen MR) is 136 cm³/mol. The number of aromatic amines is 1. The van der Waals surface area contributed by atoms with Crippen LogP contribution in [0.1, 0.15) is 32.9 Å². The van der Waals surface area contributed by atoms with Crippen molar-refractivity contribution in [1.82, 2.24) is 19.7 Å². The monoisotopic (exact) mass is 504 g/mol. The summed E-state index contributed by atoms with van der Waals surface area (Å²) in [7, 11) is 0. The number of anilines is 2. The molecule has 0 saturated heterocycles. The summed E-state index contributed by atoms with van der Waals surface area (Å²) >= 11 is 0. The average Bonchev–Trinajstić information content (AvgIpc) is 3.47. The van der Waals surface area contributed by atoms with Gasteiger partial charge in [0, 0.05) is 52.1 Å². The molecule has 0 spiro atoms. The molecule has 10 heteroatoms. The lowest BCUT2D eigenvalue weighted by Gasteiger charge is -2.14. The minimum absolute atomic E-state index is 0.107. The zero-order valence-corrected chi connectivity index (χ0v) is 20.0. The smallest absolute Gasteiger partial charge is 0.381 e. The molecule has 0 aliphatic carbocycles. The third kappa shape index (κ3) is 5.18. The molecular weight excluding hydrogens is 481 g/mol. The van der Waals surface area contributed by atoms with E-state index >= 15 is 0 Å². The van der Waals surface area contributed by atoms with Crippen molar-refractivity contribution in [3.05, 3.63) is 101 Å². The van der Waals surface area contributed by atoms with Gasteiger partial charge in [0.25, 0.3) is 5.91 Å². The summed E-state index contributed by atoms with van der Waals surface area (Å²) < 4.78 is 42.2. The van der Waals surface area contributed by atoms with Crippen LogP contribution in [0.2, 0.25) is 0 Å². The molecule has 0 bridgehead atoms. The van der Waals surface area contributed by atoms with Crippen LogP contribution >= 0.6 is 0 Å². The van der Waals surface area contributed by atoms with Crippen molar-refractivity contribution in [3.8, 4) is 5.69 Å². The van der Waals surface area contributed by atoms with Gasteiger partial charge in [0.1, 0.15) is 0 Å². The predicted octanol–water partition coefficient (Wildman–Crippen LogP) is 6.25. The van der Waals surface area contributed by atoms with Crippen LogP contribution in [-0.2, 0) is 12.7 Å². The van der Waals surface area contributed by atoms with Gasteiger partial charge in [-0.25, -0.2) is 4.98 Å². The van der Waals surface area contributed by atoms with Crippen LogP contribution in [0.15, 0.2) is 73.2 Å². The average molecular weight is 505 g/mol. The van der Waals surface area contributed by atoms with Crippen molar-refractivity contribution < 1.29 is 18.0 Å². The van der Waals surface area contributed by atoms with Crippen LogP contribution in [0.3, 0.4) is 0 Å². The molecule has 188 valence electrons. The molecule has 5 aromatic rings. The highest BCUT2D eigenvalue weighted by atomic mass is 19.4. The third-order valence-corrected chi connectivity index (χ3v) is 6.04. The van der Waals surface area contributed by atoms with Crippen molar-refractivity contribution in [2.24, 2.45) is 0 Å². The van der Waals surface area contributed by atoms with Crippen molar-refractivity contribution in [3.63, 3.8) is 0 Å². The molecule has 0 aliphatic heterocycles. The van der Waals surface area contributed by atoms with Gasteiger partial charge in [0.15, 0.2) is 0 Å². The van der Waals surface area contributed by atoms with Gasteiger partial charge in [0.05, 0.1) is 17.4 Å². The molecule has 3 N–H and O–H groups in total. The fourth-order valence-corrected chi connectivity index (χ4v) is 4.10. The Morgan fingerprint density at radius 1 is 1.03 bits per heavy atom. The quantitative estimate of drug-likeness (QED) is 0.255. The highest BCUT2D eigenvalue weighted by Crippen LogP contribution is 2.32. The van der Waals surface area contributed by atoms with Crippen LogP contribution in [0.4, 0.5) is 24.5 Å². The van der Waals surface area contributed by atoms with E-state index in [0.717, 1.165) is 40.0 Å². The summed E-state index contributed by atoms with van der Waals surface area (Å²) in [4.78, 5) is 17.0. The molecule has 0 atom stereocenters. The molecule has 1 amide bonds. The third-order valence-electron chi connectivity index (χ3n) is 6.04. The number of aromatic nitrogens is 4. The van der Waals surface area contributed by atoms with Crippen LogP contribution < -0.4 is 10.6 Å². The second-order valence-corrected chi connectivity index (χ2v) is 8.76. The van der Waals surface area contributed by atoms with Gasteiger partial charge in [-0.05, 0) is 67.9 Å². The first-order valence-electron chi connectivity index (χ1n) is 11.5. The SMILES string of the molecule is Cc1[nH]nc2cc(NCc3cccc(NC(=O)c4cc(-n5cncc5C)cc(C(F)(F)F)c4)c3)ccc12. The van der Waals surface area contributed by atoms with E-state index in [1.807, 2.05) is 31.2 Å². The number of benzene rings is 3. The standard InChI is InChI=1S/C27H23F3N6O/c1-16-13-31-15-36(16)23-10-19(9-20(11-23)27(28,29)30)26(37)33-22-5-3-4-18(8-22)14-32-21-6-7-24-17(2)34-35-25(24)12-21/h3-13,15,32H,14H2,1-2H3,(H,33,37)(H,34,35). The highest BCUT2D eigenvalue weighted by molar-refractivity contribution is 6.04. The maximum atomic E-state index is 13.6. The molecule has 2 aromatic heterocycles. The van der Waals surface area contributed by atoms with Gasteiger partial charge in [-0.15, -0.1) is 0 Å². The van der Waals surface area contributed by atoms with E-state index < -0.39 is 17.6 Å². The molecule has 0 fully saturated rings. The number of alkyl halides is 3. The van der Waals surface area contributed by atoms with Crippen LogP contribution in [0, 0.1) is 13.8 Å². The number of amides is 1.